The summed E-state index contributed by atoms with van der Waals surface area (Å²) in [6, 6.07) is 5.49. The quantitative estimate of drug-likeness (QED) is 0.907. The standard InChI is InChI=1S/C14H17ClFNO/c15-11-3-1-2-10(13(11)16)8-17-12-6-7-18-14(12)9-4-5-9/h1-3,9,12,14,17H,4-8H2. The summed E-state index contributed by atoms with van der Waals surface area (Å²) in [5, 5.41) is 3.60. The zero-order chi connectivity index (χ0) is 12.5. The van der Waals surface area contributed by atoms with Crippen LogP contribution in [0.5, 0.6) is 0 Å². The topological polar surface area (TPSA) is 21.3 Å². The van der Waals surface area contributed by atoms with E-state index in [9.17, 15) is 4.39 Å². The fraction of sp³-hybridized carbons (Fsp3) is 0.571. The Labute approximate surface area is 111 Å². The molecule has 1 aromatic rings. The SMILES string of the molecule is Fc1c(Cl)cccc1CNC1CCOC1C1CC1. The summed E-state index contributed by atoms with van der Waals surface area (Å²) in [4.78, 5) is 0. The molecule has 2 atom stereocenters. The van der Waals surface area contributed by atoms with Crippen molar-refractivity contribution < 1.29 is 9.13 Å². The summed E-state index contributed by atoms with van der Waals surface area (Å²) < 4.78 is 19.5. The number of nitrogens with one attached hydrogen (secondary N) is 1. The van der Waals surface area contributed by atoms with Gasteiger partial charge in [-0.25, -0.2) is 4.39 Å². The molecule has 0 spiro atoms. The van der Waals surface area contributed by atoms with Gasteiger partial charge in [0, 0.05) is 24.8 Å². The minimum atomic E-state index is -0.312. The highest BCUT2D eigenvalue weighted by Crippen LogP contribution is 2.38. The molecule has 2 aliphatic rings. The van der Waals surface area contributed by atoms with Crippen LogP contribution in [0.1, 0.15) is 24.8 Å². The van der Waals surface area contributed by atoms with E-state index in [1.165, 1.54) is 12.8 Å². The van der Waals surface area contributed by atoms with Crippen molar-refractivity contribution >= 4 is 11.6 Å². The van der Waals surface area contributed by atoms with E-state index < -0.39 is 0 Å². The van der Waals surface area contributed by atoms with Crippen molar-refractivity contribution in [1.82, 2.24) is 5.32 Å². The first kappa shape index (κ1) is 12.4. The molecule has 0 radical (unpaired) electrons. The van der Waals surface area contributed by atoms with Gasteiger partial charge >= 0.3 is 0 Å². The molecular weight excluding hydrogens is 253 g/mol. The third kappa shape index (κ3) is 2.53. The van der Waals surface area contributed by atoms with E-state index in [0.29, 0.717) is 30.2 Å². The van der Waals surface area contributed by atoms with E-state index in [4.69, 9.17) is 16.3 Å². The van der Waals surface area contributed by atoms with Crippen LogP contribution >= 0.6 is 11.6 Å². The monoisotopic (exact) mass is 269 g/mol. The average molecular weight is 270 g/mol. The molecule has 1 aromatic carbocycles. The third-order valence-electron chi connectivity index (χ3n) is 3.81. The molecule has 2 fully saturated rings. The van der Waals surface area contributed by atoms with Gasteiger partial charge in [0.1, 0.15) is 5.82 Å². The van der Waals surface area contributed by atoms with Crippen LogP contribution in [0.4, 0.5) is 4.39 Å². The molecule has 98 valence electrons. The number of rotatable bonds is 4. The number of halogens is 2. The van der Waals surface area contributed by atoms with E-state index in [2.05, 4.69) is 5.32 Å². The Morgan fingerprint density at radius 2 is 2.17 bits per heavy atom. The molecular formula is C14H17ClFNO. The van der Waals surface area contributed by atoms with Gasteiger partial charge in [-0.15, -0.1) is 0 Å². The highest BCUT2D eigenvalue weighted by atomic mass is 35.5. The molecule has 0 bridgehead atoms. The summed E-state index contributed by atoms with van der Waals surface area (Å²) >= 11 is 5.77. The molecule has 2 nitrogen and oxygen atoms in total. The molecule has 1 heterocycles. The number of hydrogen-bond acceptors (Lipinski definition) is 2. The maximum atomic E-state index is 13.7. The predicted octanol–water partition coefficient (Wildman–Crippen LogP) is 3.14. The summed E-state index contributed by atoms with van der Waals surface area (Å²) in [5.74, 6) is 0.405. The van der Waals surface area contributed by atoms with Gasteiger partial charge in [-0.05, 0) is 31.2 Å². The van der Waals surface area contributed by atoms with Gasteiger partial charge in [-0.3, -0.25) is 0 Å². The molecule has 1 saturated carbocycles. The van der Waals surface area contributed by atoms with Crippen molar-refractivity contribution in [3.8, 4) is 0 Å². The van der Waals surface area contributed by atoms with Crippen LogP contribution in [-0.4, -0.2) is 18.8 Å². The van der Waals surface area contributed by atoms with Crippen molar-refractivity contribution in [2.45, 2.75) is 38.0 Å². The molecule has 3 rings (SSSR count). The van der Waals surface area contributed by atoms with E-state index in [1.807, 2.05) is 0 Å². The Kier molecular flexibility index (Phi) is 3.55. The van der Waals surface area contributed by atoms with E-state index in [-0.39, 0.29) is 10.8 Å². The van der Waals surface area contributed by atoms with Crippen molar-refractivity contribution in [3.05, 3.63) is 34.6 Å². The lowest BCUT2D eigenvalue weighted by molar-refractivity contribution is 0.0808. The largest absolute Gasteiger partial charge is 0.376 e. The first-order valence-electron chi connectivity index (χ1n) is 6.53. The minimum Gasteiger partial charge on any atom is -0.376 e. The highest BCUT2D eigenvalue weighted by Gasteiger charge is 2.40. The maximum absolute atomic E-state index is 13.7. The Hall–Kier alpha value is -0.640. The van der Waals surface area contributed by atoms with Crippen LogP contribution in [0.2, 0.25) is 5.02 Å². The van der Waals surface area contributed by atoms with Crippen LogP contribution in [0, 0.1) is 11.7 Å². The Bertz CT molecular complexity index is 436. The van der Waals surface area contributed by atoms with Gasteiger partial charge in [0.25, 0.3) is 0 Å². The van der Waals surface area contributed by atoms with Gasteiger partial charge in [-0.1, -0.05) is 23.7 Å². The van der Waals surface area contributed by atoms with Crippen LogP contribution in [-0.2, 0) is 11.3 Å². The maximum Gasteiger partial charge on any atom is 0.146 e. The Balaban J connectivity index is 1.61. The molecule has 1 saturated heterocycles. The molecule has 1 aliphatic carbocycles. The van der Waals surface area contributed by atoms with Crippen LogP contribution in [0.25, 0.3) is 0 Å². The summed E-state index contributed by atoms with van der Waals surface area (Å²) in [7, 11) is 0. The first-order valence-corrected chi connectivity index (χ1v) is 6.91. The minimum absolute atomic E-state index is 0.190. The van der Waals surface area contributed by atoms with Crippen LogP contribution in [0.15, 0.2) is 18.2 Å². The van der Waals surface area contributed by atoms with E-state index >= 15 is 0 Å². The zero-order valence-corrected chi connectivity index (χ0v) is 10.9. The third-order valence-corrected chi connectivity index (χ3v) is 4.10. The smallest absolute Gasteiger partial charge is 0.146 e. The molecule has 1 aliphatic heterocycles. The fourth-order valence-electron chi connectivity index (χ4n) is 2.65. The molecule has 2 unspecified atom stereocenters. The lowest BCUT2D eigenvalue weighted by Gasteiger charge is -2.19. The fourth-order valence-corrected chi connectivity index (χ4v) is 2.84. The number of hydrogen-bond donors (Lipinski definition) is 1. The van der Waals surface area contributed by atoms with Crippen molar-refractivity contribution in [2.75, 3.05) is 6.61 Å². The number of benzene rings is 1. The van der Waals surface area contributed by atoms with E-state index in [0.717, 1.165) is 13.0 Å². The molecule has 0 aromatic heterocycles. The van der Waals surface area contributed by atoms with Gasteiger partial charge in [0.2, 0.25) is 0 Å². The number of ether oxygens (including phenoxy) is 1. The molecule has 18 heavy (non-hydrogen) atoms. The first-order chi connectivity index (χ1) is 8.75. The molecule has 4 heteroatoms. The normalized spacial score (nSPS) is 27.7. The zero-order valence-electron chi connectivity index (χ0n) is 10.2. The van der Waals surface area contributed by atoms with Crippen molar-refractivity contribution in [1.29, 1.82) is 0 Å². The highest BCUT2D eigenvalue weighted by molar-refractivity contribution is 6.30. The van der Waals surface area contributed by atoms with Gasteiger partial charge in [0.15, 0.2) is 0 Å². The second kappa shape index (κ2) is 5.16. The molecule has 0 amide bonds. The average Bonchev–Trinajstić information content (AvgIpc) is 3.11. The Morgan fingerprint density at radius 1 is 1.33 bits per heavy atom. The molecule has 1 N–H and O–H groups in total. The van der Waals surface area contributed by atoms with Gasteiger partial charge in [0.05, 0.1) is 11.1 Å². The van der Waals surface area contributed by atoms with Crippen LogP contribution in [0.3, 0.4) is 0 Å². The lowest BCUT2D eigenvalue weighted by atomic mass is 10.1. The predicted molar refractivity (Wildman–Crippen MR) is 69.1 cm³/mol. The van der Waals surface area contributed by atoms with Crippen LogP contribution < -0.4 is 5.32 Å². The summed E-state index contributed by atoms with van der Waals surface area (Å²) in [5.41, 5.74) is 0.629. The summed E-state index contributed by atoms with van der Waals surface area (Å²) in [6.45, 7) is 1.33. The lowest BCUT2D eigenvalue weighted by Crippen LogP contribution is -2.37. The Morgan fingerprint density at radius 3 is 2.94 bits per heavy atom. The summed E-state index contributed by atoms with van der Waals surface area (Å²) in [6.07, 6.45) is 3.89. The van der Waals surface area contributed by atoms with Crippen molar-refractivity contribution in [2.24, 2.45) is 5.92 Å². The van der Waals surface area contributed by atoms with E-state index in [1.54, 1.807) is 18.2 Å². The van der Waals surface area contributed by atoms with Crippen molar-refractivity contribution in [3.63, 3.8) is 0 Å². The van der Waals surface area contributed by atoms with Gasteiger partial charge in [-0.2, -0.15) is 0 Å². The second-order valence-corrected chi connectivity index (χ2v) is 5.57. The second-order valence-electron chi connectivity index (χ2n) is 5.16. The van der Waals surface area contributed by atoms with Gasteiger partial charge < -0.3 is 10.1 Å².